The molecule has 0 aliphatic rings. The lowest BCUT2D eigenvalue weighted by Crippen LogP contribution is -2.02. The van der Waals surface area contributed by atoms with E-state index in [1.54, 1.807) is 0 Å². The molecule has 2 heterocycles. The van der Waals surface area contributed by atoms with E-state index >= 15 is 0 Å². The van der Waals surface area contributed by atoms with Crippen molar-refractivity contribution in [2.24, 2.45) is 0 Å². The molecular weight excluding hydrogens is 342 g/mol. The number of tetrazole rings is 1. The second kappa shape index (κ2) is 5.21. The maximum absolute atomic E-state index is 4.04. The monoisotopic (exact) mass is 355 g/mol. The van der Waals surface area contributed by atoms with E-state index in [0.29, 0.717) is 0 Å². The number of benzene rings is 2. The van der Waals surface area contributed by atoms with Crippen molar-refractivity contribution in [2.75, 3.05) is 0 Å². The summed E-state index contributed by atoms with van der Waals surface area (Å²) in [4.78, 5) is 0. The van der Waals surface area contributed by atoms with Gasteiger partial charge in [-0.05, 0) is 30.7 Å². The predicted molar refractivity (Wildman–Crippen MR) is 89.8 cm³/mol. The Morgan fingerprint density at radius 1 is 1.09 bits per heavy atom. The number of aromatic amines is 1. The third-order valence-corrected chi connectivity index (χ3v) is 4.43. The molecule has 0 radical (unpaired) electrons. The van der Waals surface area contributed by atoms with Gasteiger partial charge in [0.2, 0.25) is 0 Å². The minimum atomic E-state index is 0.734. The molecule has 0 bridgehead atoms. The van der Waals surface area contributed by atoms with Gasteiger partial charge in [0.1, 0.15) is 0 Å². The first kappa shape index (κ1) is 13.5. The quantitative estimate of drug-likeness (QED) is 0.610. The van der Waals surface area contributed by atoms with E-state index in [4.69, 9.17) is 0 Å². The fourth-order valence-electron chi connectivity index (χ4n) is 2.92. The third kappa shape index (κ3) is 2.20. The molecule has 0 aliphatic carbocycles. The number of nitrogens with one attached hydrogen (secondary N) is 1. The maximum Gasteiger partial charge on any atom is 0.176 e. The zero-order chi connectivity index (χ0) is 15.1. The highest BCUT2D eigenvalue weighted by Gasteiger charge is 2.12. The summed E-state index contributed by atoms with van der Waals surface area (Å²) in [6.45, 7) is 2.94. The second-order valence-electron chi connectivity index (χ2n) is 5.41. The molecule has 0 amide bonds. The number of hydrogen-bond acceptors (Lipinski definition) is 3. The van der Waals surface area contributed by atoms with Gasteiger partial charge in [0, 0.05) is 33.7 Å². The lowest BCUT2D eigenvalue weighted by molar-refractivity contribution is 0.712. The number of halogens is 1. The Labute approximate surface area is 135 Å². The van der Waals surface area contributed by atoms with Crippen LogP contribution in [0, 0.1) is 6.92 Å². The highest BCUT2D eigenvalue weighted by Crippen LogP contribution is 2.31. The van der Waals surface area contributed by atoms with Crippen LogP contribution in [0.3, 0.4) is 0 Å². The van der Waals surface area contributed by atoms with Gasteiger partial charge >= 0.3 is 0 Å². The van der Waals surface area contributed by atoms with E-state index in [1.807, 2.05) is 0 Å². The van der Waals surface area contributed by atoms with Crippen molar-refractivity contribution >= 4 is 37.7 Å². The van der Waals surface area contributed by atoms with Crippen molar-refractivity contribution in [1.82, 2.24) is 25.2 Å². The number of H-pyrrole nitrogens is 1. The van der Waals surface area contributed by atoms with E-state index in [-0.39, 0.29) is 0 Å². The van der Waals surface area contributed by atoms with Gasteiger partial charge in [-0.3, -0.25) is 0 Å². The first-order chi connectivity index (χ1) is 10.7. The Balaban J connectivity index is 1.91. The molecule has 0 atom stereocenters. The molecule has 0 saturated heterocycles. The average molecular weight is 356 g/mol. The van der Waals surface area contributed by atoms with Crippen LogP contribution in [-0.2, 0) is 13.0 Å². The van der Waals surface area contributed by atoms with Crippen molar-refractivity contribution in [3.63, 3.8) is 0 Å². The van der Waals surface area contributed by atoms with Crippen molar-refractivity contribution < 1.29 is 0 Å². The molecule has 22 heavy (non-hydrogen) atoms. The molecule has 0 aliphatic heterocycles. The lowest BCUT2D eigenvalue weighted by atomic mass is 10.1. The summed E-state index contributed by atoms with van der Waals surface area (Å²) in [5.41, 5.74) is 3.73. The third-order valence-electron chi connectivity index (χ3n) is 3.93. The van der Waals surface area contributed by atoms with Gasteiger partial charge in [0.15, 0.2) is 5.82 Å². The Hall–Kier alpha value is -2.21. The number of aromatic nitrogens is 5. The van der Waals surface area contributed by atoms with Crippen LogP contribution in [0.25, 0.3) is 21.8 Å². The molecule has 4 rings (SSSR count). The molecule has 0 spiro atoms. The summed E-state index contributed by atoms with van der Waals surface area (Å²) in [6, 6.07) is 13.0. The molecule has 2 aromatic heterocycles. The van der Waals surface area contributed by atoms with E-state index in [2.05, 4.69) is 84.4 Å². The number of rotatable bonds is 3. The van der Waals surface area contributed by atoms with Gasteiger partial charge in [-0.1, -0.05) is 39.3 Å². The van der Waals surface area contributed by atoms with Gasteiger partial charge in [-0.2, -0.15) is 5.21 Å². The zero-order valence-corrected chi connectivity index (χ0v) is 13.6. The number of fused-ring (bicyclic) bond motifs is 3. The highest BCUT2D eigenvalue weighted by atomic mass is 79.9. The van der Waals surface area contributed by atoms with E-state index < -0.39 is 0 Å². The van der Waals surface area contributed by atoms with Crippen LogP contribution >= 0.6 is 15.9 Å². The molecule has 4 aromatic rings. The van der Waals surface area contributed by atoms with Crippen molar-refractivity contribution in [3.05, 3.63) is 52.3 Å². The fourth-order valence-corrected chi connectivity index (χ4v) is 3.27. The topological polar surface area (TPSA) is 59.4 Å². The first-order valence-electron chi connectivity index (χ1n) is 7.13. The summed E-state index contributed by atoms with van der Waals surface area (Å²) in [7, 11) is 0. The number of aryl methyl sites for hydroxylation is 3. The molecule has 6 heteroatoms. The molecule has 5 nitrogen and oxygen atoms in total. The van der Waals surface area contributed by atoms with Crippen LogP contribution in [0.1, 0.15) is 11.4 Å². The number of hydrogen-bond donors (Lipinski definition) is 1. The molecule has 110 valence electrons. The minimum absolute atomic E-state index is 0.734. The Bertz CT molecular complexity index is 896. The van der Waals surface area contributed by atoms with E-state index in [1.165, 1.54) is 27.4 Å². The molecule has 0 saturated carbocycles. The SMILES string of the molecule is Cc1ccc2c3ccc(Br)cc3n(CCc3nn[nH]n3)c2c1. The van der Waals surface area contributed by atoms with Gasteiger partial charge in [-0.15, -0.1) is 10.2 Å². The van der Waals surface area contributed by atoms with Crippen molar-refractivity contribution in [3.8, 4) is 0 Å². The van der Waals surface area contributed by atoms with Crippen LogP contribution in [0.2, 0.25) is 0 Å². The minimum Gasteiger partial charge on any atom is -0.340 e. The summed E-state index contributed by atoms with van der Waals surface area (Å²) in [5, 5.41) is 16.8. The van der Waals surface area contributed by atoms with Crippen molar-refractivity contribution in [1.29, 1.82) is 0 Å². The Morgan fingerprint density at radius 2 is 1.86 bits per heavy atom. The predicted octanol–water partition coefficient (Wildman–Crippen LogP) is 3.62. The summed E-state index contributed by atoms with van der Waals surface area (Å²) >= 11 is 3.58. The van der Waals surface area contributed by atoms with Crippen LogP contribution in [-0.4, -0.2) is 25.2 Å². The molecular formula is C16H14BrN5. The van der Waals surface area contributed by atoms with E-state index in [0.717, 1.165) is 23.3 Å². The normalized spacial score (nSPS) is 11.5. The molecule has 2 aromatic carbocycles. The summed E-state index contributed by atoms with van der Waals surface area (Å²) in [6.07, 6.45) is 0.746. The molecule has 0 unspecified atom stereocenters. The van der Waals surface area contributed by atoms with Gasteiger partial charge in [0.25, 0.3) is 0 Å². The summed E-state index contributed by atoms with van der Waals surface area (Å²) in [5.74, 6) is 0.734. The van der Waals surface area contributed by atoms with Crippen LogP contribution in [0.5, 0.6) is 0 Å². The zero-order valence-electron chi connectivity index (χ0n) is 12.0. The highest BCUT2D eigenvalue weighted by molar-refractivity contribution is 9.10. The van der Waals surface area contributed by atoms with Crippen molar-refractivity contribution in [2.45, 2.75) is 19.9 Å². The van der Waals surface area contributed by atoms with Gasteiger partial charge in [-0.25, -0.2) is 0 Å². The maximum atomic E-state index is 4.04. The van der Waals surface area contributed by atoms with Gasteiger partial charge < -0.3 is 4.57 Å². The average Bonchev–Trinajstić information content (AvgIpc) is 3.10. The molecule has 1 N–H and O–H groups in total. The first-order valence-corrected chi connectivity index (χ1v) is 7.92. The summed E-state index contributed by atoms with van der Waals surface area (Å²) < 4.78 is 3.42. The second-order valence-corrected chi connectivity index (χ2v) is 6.33. The largest absolute Gasteiger partial charge is 0.340 e. The van der Waals surface area contributed by atoms with Crippen LogP contribution in [0.15, 0.2) is 40.9 Å². The smallest absolute Gasteiger partial charge is 0.176 e. The standard InChI is InChI=1S/C16H14BrN5/c1-10-2-4-12-13-5-3-11(17)9-15(13)22(14(12)8-10)7-6-16-18-20-21-19-16/h2-5,8-9H,6-7H2,1H3,(H,18,19,20,21). The van der Waals surface area contributed by atoms with E-state index in [9.17, 15) is 0 Å². The number of nitrogens with zero attached hydrogens (tertiary/aromatic N) is 4. The molecule has 0 fully saturated rings. The fraction of sp³-hybridized carbons (Fsp3) is 0.188. The Kier molecular flexibility index (Phi) is 3.18. The van der Waals surface area contributed by atoms with Crippen LogP contribution in [0.4, 0.5) is 0 Å². The lowest BCUT2D eigenvalue weighted by Gasteiger charge is -2.06. The Morgan fingerprint density at radius 3 is 2.64 bits per heavy atom. The van der Waals surface area contributed by atoms with Gasteiger partial charge in [0.05, 0.1) is 5.52 Å². The van der Waals surface area contributed by atoms with Crippen LogP contribution < -0.4 is 0 Å².